The van der Waals surface area contributed by atoms with Crippen molar-refractivity contribution in [3.05, 3.63) is 71.0 Å². The highest BCUT2D eigenvalue weighted by Gasteiger charge is 2.29. The van der Waals surface area contributed by atoms with E-state index >= 15 is 0 Å². The Labute approximate surface area is 141 Å². The smallest absolute Gasteiger partial charge is 0.410 e. The molecule has 1 N–H and O–H groups in total. The average molecular weight is 328 g/mol. The second-order valence-corrected chi connectivity index (χ2v) is 5.96. The Morgan fingerprint density at radius 3 is 2.83 bits per heavy atom. The van der Waals surface area contributed by atoms with E-state index in [1.54, 1.807) is 24.0 Å². The zero-order valence-corrected chi connectivity index (χ0v) is 13.7. The highest BCUT2D eigenvalue weighted by Crippen LogP contribution is 2.25. The van der Waals surface area contributed by atoms with E-state index in [1.807, 2.05) is 30.3 Å². The van der Waals surface area contributed by atoms with Crippen molar-refractivity contribution in [1.82, 2.24) is 10.2 Å². The van der Waals surface area contributed by atoms with Crippen LogP contribution in [0.2, 0.25) is 0 Å². The molecule has 1 amide bonds. The number of carbonyl (C=O) groups is 1. The van der Waals surface area contributed by atoms with Crippen molar-refractivity contribution in [3.63, 3.8) is 0 Å². The zero-order chi connectivity index (χ0) is 16.9. The number of aryl methyl sites for hydroxylation is 1. The third kappa shape index (κ3) is 3.74. The summed E-state index contributed by atoms with van der Waals surface area (Å²) < 4.78 is 19.0. The Hall–Kier alpha value is -2.40. The molecule has 0 radical (unpaired) electrons. The monoisotopic (exact) mass is 328 g/mol. The normalized spacial score (nSPS) is 17.6. The fourth-order valence-corrected chi connectivity index (χ4v) is 2.90. The van der Waals surface area contributed by atoms with Crippen LogP contribution in [0.5, 0.6) is 0 Å². The van der Waals surface area contributed by atoms with E-state index in [0.717, 1.165) is 17.7 Å². The summed E-state index contributed by atoms with van der Waals surface area (Å²) in [4.78, 5) is 14.2. The van der Waals surface area contributed by atoms with Gasteiger partial charge < -0.3 is 10.1 Å². The third-order valence-electron chi connectivity index (χ3n) is 4.25. The van der Waals surface area contributed by atoms with Crippen LogP contribution < -0.4 is 5.32 Å². The van der Waals surface area contributed by atoms with Gasteiger partial charge in [0, 0.05) is 19.6 Å². The molecule has 2 aromatic rings. The van der Waals surface area contributed by atoms with Crippen LogP contribution in [0, 0.1) is 12.7 Å². The second kappa shape index (κ2) is 7.45. The van der Waals surface area contributed by atoms with E-state index < -0.39 is 0 Å². The first-order valence-electron chi connectivity index (χ1n) is 8.09. The summed E-state index contributed by atoms with van der Waals surface area (Å²) in [6.07, 6.45) is -0.340. The van der Waals surface area contributed by atoms with Crippen molar-refractivity contribution >= 4 is 6.09 Å². The van der Waals surface area contributed by atoms with Crippen LogP contribution in [0.25, 0.3) is 0 Å². The van der Waals surface area contributed by atoms with Crippen LogP contribution >= 0.6 is 0 Å². The van der Waals surface area contributed by atoms with E-state index in [1.165, 1.54) is 6.07 Å². The standard InChI is InChI=1S/C19H21FN2O2/c1-14-11-16(7-8-17(14)20)18-12-21-9-10-22(18)19(23)24-13-15-5-3-2-4-6-15/h2-8,11,18,21H,9-10,12-13H2,1H3. The summed E-state index contributed by atoms with van der Waals surface area (Å²) in [5.41, 5.74) is 2.45. The van der Waals surface area contributed by atoms with Gasteiger partial charge in [-0.2, -0.15) is 0 Å². The molecule has 0 bridgehead atoms. The first-order valence-corrected chi connectivity index (χ1v) is 8.09. The second-order valence-electron chi connectivity index (χ2n) is 5.96. The minimum atomic E-state index is -0.340. The molecule has 0 saturated carbocycles. The van der Waals surface area contributed by atoms with Gasteiger partial charge in [0.15, 0.2) is 0 Å². The zero-order valence-electron chi connectivity index (χ0n) is 13.7. The number of amides is 1. The maximum absolute atomic E-state index is 13.5. The highest BCUT2D eigenvalue weighted by molar-refractivity contribution is 5.68. The van der Waals surface area contributed by atoms with Gasteiger partial charge in [0.1, 0.15) is 12.4 Å². The molecular formula is C19H21FN2O2. The lowest BCUT2D eigenvalue weighted by molar-refractivity contribution is 0.0720. The van der Waals surface area contributed by atoms with Crippen LogP contribution in [-0.4, -0.2) is 30.6 Å². The number of hydrogen-bond donors (Lipinski definition) is 1. The largest absolute Gasteiger partial charge is 0.445 e. The molecule has 3 rings (SSSR count). The average Bonchev–Trinajstić information content (AvgIpc) is 2.63. The van der Waals surface area contributed by atoms with Crippen LogP contribution in [0.1, 0.15) is 22.7 Å². The minimum absolute atomic E-state index is 0.152. The quantitative estimate of drug-likeness (QED) is 0.939. The topological polar surface area (TPSA) is 41.6 Å². The fraction of sp³-hybridized carbons (Fsp3) is 0.316. The van der Waals surface area contributed by atoms with Crippen molar-refractivity contribution in [2.45, 2.75) is 19.6 Å². The van der Waals surface area contributed by atoms with Crippen molar-refractivity contribution in [3.8, 4) is 0 Å². The number of piperazine rings is 1. The minimum Gasteiger partial charge on any atom is -0.445 e. The molecule has 24 heavy (non-hydrogen) atoms. The Bertz CT molecular complexity index is 706. The molecule has 5 heteroatoms. The molecule has 1 aliphatic heterocycles. The molecule has 0 aromatic heterocycles. The number of nitrogens with one attached hydrogen (secondary N) is 1. The SMILES string of the molecule is Cc1cc(C2CNCCN2C(=O)OCc2ccccc2)ccc1F. The molecule has 1 saturated heterocycles. The summed E-state index contributed by atoms with van der Waals surface area (Å²) in [5.74, 6) is -0.235. The Morgan fingerprint density at radius 1 is 1.29 bits per heavy atom. The van der Waals surface area contributed by atoms with Gasteiger partial charge in [-0.05, 0) is 29.7 Å². The Kier molecular flexibility index (Phi) is 5.11. The van der Waals surface area contributed by atoms with Crippen LogP contribution in [0.4, 0.5) is 9.18 Å². The molecule has 126 valence electrons. The lowest BCUT2D eigenvalue weighted by Gasteiger charge is -2.35. The van der Waals surface area contributed by atoms with E-state index in [9.17, 15) is 9.18 Å². The van der Waals surface area contributed by atoms with Crippen molar-refractivity contribution in [2.24, 2.45) is 0 Å². The summed E-state index contributed by atoms with van der Waals surface area (Å²) in [6, 6.07) is 14.4. The Morgan fingerprint density at radius 2 is 2.08 bits per heavy atom. The van der Waals surface area contributed by atoms with Gasteiger partial charge in [0.2, 0.25) is 0 Å². The number of ether oxygens (including phenoxy) is 1. The maximum Gasteiger partial charge on any atom is 0.410 e. The maximum atomic E-state index is 13.5. The summed E-state index contributed by atoms with van der Waals surface area (Å²) in [5, 5.41) is 3.28. The number of nitrogens with zero attached hydrogens (tertiary/aromatic N) is 1. The van der Waals surface area contributed by atoms with Gasteiger partial charge in [-0.15, -0.1) is 0 Å². The molecule has 1 aliphatic rings. The molecule has 1 atom stereocenters. The summed E-state index contributed by atoms with van der Waals surface area (Å²) in [7, 11) is 0. The molecule has 1 unspecified atom stereocenters. The first-order chi connectivity index (χ1) is 11.6. The van der Waals surface area contributed by atoms with Gasteiger partial charge in [-0.25, -0.2) is 9.18 Å². The van der Waals surface area contributed by atoms with E-state index in [2.05, 4.69) is 5.32 Å². The fourth-order valence-electron chi connectivity index (χ4n) is 2.90. The number of benzene rings is 2. The Balaban J connectivity index is 1.71. The van der Waals surface area contributed by atoms with Crippen molar-refractivity contribution < 1.29 is 13.9 Å². The predicted molar refractivity (Wildman–Crippen MR) is 90.1 cm³/mol. The van der Waals surface area contributed by atoms with E-state index in [-0.39, 0.29) is 24.6 Å². The first kappa shape index (κ1) is 16.5. The number of halogens is 1. The van der Waals surface area contributed by atoms with Crippen LogP contribution in [-0.2, 0) is 11.3 Å². The van der Waals surface area contributed by atoms with Crippen molar-refractivity contribution in [1.29, 1.82) is 0 Å². The molecule has 0 aliphatic carbocycles. The van der Waals surface area contributed by atoms with E-state index in [4.69, 9.17) is 4.74 Å². The van der Waals surface area contributed by atoms with E-state index in [0.29, 0.717) is 18.7 Å². The van der Waals surface area contributed by atoms with Gasteiger partial charge >= 0.3 is 6.09 Å². The third-order valence-corrected chi connectivity index (χ3v) is 4.25. The van der Waals surface area contributed by atoms with Gasteiger partial charge in [-0.1, -0.05) is 42.5 Å². The predicted octanol–water partition coefficient (Wildman–Crippen LogP) is 3.42. The molecule has 1 heterocycles. The lowest BCUT2D eigenvalue weighted by atomic mass is 10.0. The summed E-state index contributed by atoms with van der Waals surface area (Å²) >= 11 is 0. The molecular weight excluding hydrogens is 307 g/mol. The number of hydrogen-bond acceptors (Lipinski definition) is 3. The molecule has 2 aromatic carbocycles. The highest BCUT2D eigenvalue weighted by atomic mass is 19.1. The summed E-state index contributed by atoms with van der Waals surface area (Å²) in [6.45, 7) is 3.89. The molecule has 4 nitrogen and oxygen atoms in total. The number of rotatable bonds is 3. The van der Waals surface area contributed by atoms with Crippen LogP contribution in [0.15, 0.2) is 48.5 Å². The van der Waals surface area contributed by atoms with Crippen molar-refractivity contribution in [2.75, 3.05) is 19.6 Å². The molecule has 1 fully saturated rings. The molecule has 0 spiro atoms. The van der Waals surface area contributed by atoms with Gasteiger partial charge in [0.05, 0.1) is 6.04 Å². The van der Waals surface area contributed by atoms with Crippen LogP contribution in [0.3, 0.4) is 0 Å². The lowest BCUT2D eigenvalue weighted by Crippen LogP contribution is -2.48. The number of carbonyl (C=O) groups excluding carboxylic acids is 1. The van der Waals surface area contributed by atoms with Gasteiger partial charge in [0.25, 0.3) is 0 Å². The van der Waals surface area contributed by atoms with Gasteiger partial charge in [-0.3, -0.25) is 4.90 Å².